The van der Waals surface area contributed by atoms with Crippen LogP contribution in [0.4, 0.5) is 0 Å². The number of nitriles is 1. The zero-order valence-corrected chi connectivity index (χ0v) is 12.1. The molecule has 4 heteroatoms. The number of piperidine rings is 1. The number of nitrogens with one attached hydrogen (secondary N) is 1. The van der Waals surface area contributed by atoms with Crippen molar-refractivity contribution >= 4 is 5.91 Å². The van der Waals surface area contributed by atoms with Crippen LogP contribution in [0.5, 0.6) is 0 Å². The molecule has 1 amide bonds. The first-order chi connectivity index (χ1) is 9.58. The fourth-order valence-electron chi connectivity index (χ4n) is 2.58. The molecule has 4 nitrogen and oxygen atoms in total. The lowest BCUT2D eigenvalue weighted by Crippen LogP contribution is -2.47. The molecule has 0 bridgehead atoms. The molecule has 1 aliphatic rings. The largest absolute Gasteiger partial charge is 0.353 e. The van der Waals surface area contributed by atoms with Crippen molar-refractivity contribution in [3.63, 3.8) is 0 Å². The average molecular weight is 271 g/mol. The summed E-state index contributed by atoms with van der Waals surface area (Å²) in [5.41, 5.74) is 1.57. The second kappa shape index (κ2) is 6.53. The van der Waals surface area contributed by atoms with E-state index in [1.165, 1.54) is 0 Å². The van der Waals surface area contributed by atoms with Gasteiger partial charge >= 0.3 is 0 Å². The van der Waals surface area contributed by atoms with Crippen molar-refractivity contribution in [2.45, 2.75) is 38.3 Å². The van der Waals surface area contributed by atoms with E-state index in [0.29, 0.717) is 18.0 Å². The zero-order valence-electron chi connectivity index (χ0n) is 12.1. The molecule has 1 heterocycles. The summed E-state index contributed by atoms with van der Waals surface area (Å²) in [6, 6.07) is 10.1. The molecule has 1 N–H and O–H groups in total. The number of carbonyl (C=O) groups is 1. The first-order valence-corrected chi connectivity index (χ1v) is 7.07. The number of benzene rings is 1. The third-order valence-electron chi connectivity index (χ3n) is 4.02. The quantitative estimate of drug-likeness (QED) is 0.910. The summed E-state index contributed by atoms with van der Waals surface area (Å²) >= 11 is 0. The summed E-state index contributed by atoms with van der Waals surface area (Å²) in [4.78, 5) is 14.4. The number of amides is 1. The minimum Gasteiger partial charge on any atom is -0.353 e. The highest BCUT2D eigenvalue weighted by molar-refractivity contribution is 5.78. The van der Waals surface area contributed by atoms with Crippen LogP contribution in [0, 0.1) is 11.3 Å². The van der Waals surface area contributed by atoms with Gasteiger partial charge in [-0.1, -0.05) is 12.1 Å². The first-order valence-electron chi connectivity index (χ1n) is 7.07. The lowest BCUT2D eigenvalue weighted by atomic mass is 9.98. The number of likely N-dealkylation sites (tertiary alicyclic amines) is 1. The Kier molecular flexibility index (Phi) is 4.75. The predicted octanol–water partition coefficient (Wildman–Crippen LogP) is 1.70. The van der Waals surface area contributed by atoms with Gasteiger partial charge in [-0.05, 0) is 44.5 Å². The summed E-state index contributed by atoms with van der Waals surface area (Å²) in [5.74, 6) is 0.0662. The van der Waals surface area contributed by atoms with E-state index in [9.17, 15) is 4.79 Å². The molecule has 1 saturated heterocycles. The van der Waals surface area contributed by atoms with Crippen LogP contribution in [-0.2, 0) is 11.2 Å². The standard InChI is InChI=1S/C16H21N3O/c1-12-9-15(7-8-19(12)2)18-16(20)10-13-3-5-14(11-17)6-4-13/h3-6,12,15H,7-10H2,1-2H3,(H,18,20). The summed E-state index contributed by atoms with van der Waals surface area (Å²) in [6.07, 6.45) is 2.40. The molecule has 20 heavy (non-hydrogen) atoms. The zero-order chi connectivity index (χ0) is 14.5. The molecule has 1 aromatic rings. The van der Waals surface area contributed by atoms with Gasteiger partial charge in [-0.25, -0.2) is 0 Å². The van der Waals surface area contributed by atoms with E-state index in [4.69, 9.17) is 5.26 Å². The summed E-state index contributed by atoms with van der Waals surface area (Å²) in [7, 11) is 2.12. The fraction of sp³-hybridized carbons (Fsp3) is 0.500. The third-order valence-corrected chi connectivity index (χ3v) is 4.02. The maximum absolute atomic E-state index is 12.0. The van der Waals surface area contributed by atoms with Crippen molar-refractivity contribution in [3.8, 4) is 6.07 Å². The molecule has 106 valence electrons. The monoisotopic (exact) mass is 271 g/mol. The summed E-state index contributed by atoms with van der Waals surface area (Å²) < 4.78 is 0. The SMILES string of the molecule is CC1CC(NC(=O)Cc2ccc(C#N)cc2)CCN1C. The predicted molar refractivity (Wildman–Crippen MR) is 78.1 cm³/mol. The van der Waals surface area contributed by atoms with Gasteiger partial charge in [0.25, 0.3) is 0 Å². The molecule has 2 unspecified atom stereocenters. The van der Waals surface area contributed by atoms with Gasteiger partial charge in [-0.2, -0.15) is 5.26 Å². The number of nitrogens with zero attached hydrogens (tertiary/aromatic N) is 2. The van der Waals surface area contributed by atoms with Crippen LogP contribution < -0.4 is 5.32 Å². The van der Waals surface area contributed by atoms with Crippen molar-refractivity contribution in [1.29, 1.82) is 5.26 Å². The van der Waals surface area contributed by atoms with E-state index in [1.54, 1.807) is 12.1 Å². The van der Waals surface area contributed by atoms with E-state index < -0.39 is 0 Å². The van der Waals surface area contributed by atoms with Gasteiger partial charge in [0.2, 0.25) is 5.91 Å². The summed E-state index contributed by atoms with van der Waals surface area (Å²) in [5, 5.41) is 11.9. The highest BCUT2D eigenvalue weighted by atomic mass is 16.1. The Balaban J connectivity index is 1.84. The molecule has 0 spiro atoms. The topological polar surface area (TPSA) is 56.1 Å². The van der Waals surface area contributed by atoms with E-state index in [-0.39, 0.29) is 11.9 Å². The van der Waals surface area contributed by atoms with Gasteiger partial charge in [0.15, 0.2) is 0 Å². The van der Waals surface area contributed by atoms with Crippen molar-refractivity contribution in [3.05, 3.63) is 35.4 Å². The molecule has 0 saturated carbocycles. The van der Waals surface area contributed by atoms with Crippen LogP contribution >= 0.6 is 0 Å². The smallest absolute Gasteiger partial charge is 0.224 e. The van der Waals surface area contributed by atoms with Gasteiger partial charge in [0.1, 0.15) is 0 Å². The minimum absolute atomic E-state index is 0.0662. The Morgan fingerprint density at radius 3 is 2.75 bits per heavy atom. The Bertz CT molecular complexity index is 503. The molecular weight excluding hydrogens is 250 g/mol. The fourth-order valence-corrected chi connectivity index (χ4v) is 2.58. The van der Waals surface area contributed by atoms with Crippen LogP contribution in [0.2, 0.25) is 0 Å². The Labute approximate surface area is 120 Å². The molecule has 0 aromatic heterocycles. The normalized spacial score (nSPS) is 23.1. The highest BCUT2D eigenvalue weighted by Crippen LogP contribution is 2.15. The highest BCUT2D eigenvalue weighted by Gasteiger charge is 2.23. The number of carbonyl (C=O) groups excluding carboxylic acids is 1. The van der Waals surface area contributed by atoms with Crippen molar-refractivity contribution < 1.29 is 4.79 Å². The van der Waals surface area contributed by atoms with Crippen molar-refractivity contribution in [2.75, 3.05) is 13.6 Å². The van der Waals surface area contributed by atoms with Gasteiger partial charge in [-0.15, -0.1) is 0 Å². The van der Waals surface area contributed by atoms with Crippen molar-refractivity contribution in [1.82, 2.24) is 10.2 Å². The second-order valence-electron chi connectivity index (χ2n) is 5.60. The van der Waals surface area contributed by atoms with E-state index in [1.807, 2.05) is 12.1 Å². The molecule has 2 rings (SSSR count). The molecule has 1 aromatic carbocycles. The van der Waals surface area contributed by atoms with Crippen LogP contribution in [-0.4, -0.2) is 36.5 Å². The van der Waals surface area contributed by atoms with E-state index >= 15 is 0 Å². The summed E-state index contributed by atoms with van der Waals surface area (Å²) in [6.45, 7) is 3.22. The number of rotatable bonds is 3. The van der Waals surface area contributed by atoms with Gasteiger partial charge < -0.3 is 10.2 Å². The lowest BCUT2D eigenvalue weighted by molar-refractivity contribution is -0.121. The lowest BCUT2D eigenvalue weighted by Gasteiger charge is -2.35. The Hall–Kier alpha value is -1.86. The third kappa shape index (κ3) is 3.82. The van der Waals surface area contributed by atoms with Crippen molar-refractivity contribution in [2.24, 2.45) is 0 Å². The first kappa shape index (κ1) is 14.5. The van der Waals surface area contributed by atoms with Gasteiger partial charge in [-0.3, -0.25) is 4.79 Å². The maximum atomic E-state index is 12.0. The second-order valence-corrected chi connectivity index (χ2v) is 5.60. The molecule has 2 atom stereocenters. The number of hydrogen-bond donors (Lipinski definition) is 1. The van der Waals surface area contributed by atoms with Gasteiger partial charge in [0, 0.05) is 18.6 Å². The van der Waals surface area contributed by atoms with Crippen LogP contribution in [0.15, 0.2) is 24.3 Å². The van der Waals surface area contributed by atoms with Crippen LogP contribution in [0.1, 0.15) is 30.9 Å². The van der Waals surface area contributed by atoms with E-state index in [0.717, 1.165) is 24.9 Å². The molecule has 0 aliphatic carbocycles. The number of hydrogen-bond acceptors (Lipinski definition) is 3. The maximum Gasteiger partial charge on any atom is 0.224 e. The average Bonchev–Trinajstić information content (AvgIpc) is 2.44. The Morgan fingerprint density at radius 2 is 2.15 bits per heavy atom. The van der Waals surface area contributed by atoms with E-state index in [2.05, 4.69) is 30.3 Å². The van der Waals surface area contributed by atoms with Crippen LogP contribution in [0.3, 0.4) is 0 Å². The molecule has 1 aliphatic heterocycles. The Morgan fingerprint density at radius 1 is 1.45 bits per heavy atom. The van der Waals surface area contributed by atoms with Gasteiger partial charge in [0.05, 0.1) is 18.1 Å². The minimum atomic E-state index is 0.0662. The van der Waals surface area contributed by atoms with Crippen LogP contribution in [0.25, 0.3) is 0 Å². The molecule has 0 radical (unpaired) electrons. The molecule has 1 fully saturated rings. The molecular formula is C16H21N3O.